The van der Waals surface area contributed by atoms with Gasteiger partial charge in [-0.05, 0) is 55.4 Å². The van der Waals surface area contributed by atoms with E-state index in [0.717, 1.165) is 56.1 Å². The van der Waals surface area contributed by atoms with E-state index in [4.69, 9.17) is 4.74 Å². The van der Waals surface area contributed by atoms with Crippen molar-refractivity contribution in [3.8, 4) is 11.8 Å². The van der Waals surface area contributed by atoms with Gasteiger partial charge in [-0.2, -0.15) is 5.26 Å². The van der Waals surface area contributed by atoms with Gasteiger partial charge in [0.15, 0.2) is 0 Å². The highest BCUT2D eigenvalue weighted by Gasteiger charge is 2.43. The van der Waals surface area contributed by atoms with Crippen molar-refractivity contribution < 1.29 is 9.53 Å². The first kappa shape index (κ1) is 21.1. The number of aryl methyl sites for hydroxylation is 1. The predicted octanol–water partition coefficient (Wildman–Crippen LogP) is 6.26. The fourth-order valence-electron chi connectivity index (χ4n) is 4.26. The summed E-state index contributed by atoms with van der Waals surface area (Å²) in [5.74, 6) is 0.705. The van der Waals surface area contributed by atoms with E-state index < -0.39 is 5.41 Å². The number of benzene rings is 2. The summed E-state index contributed by atoms with van der Waals surface area (Å²) in [6.45, 7) is 6.42. The fraction of sp³-hybridized carbons (Fsp3) is 0.462. The van der Waals surface area contributed by atoms with Gasteiger partial charge in [0.25, 0.3) is 0 Å². The molecule has 1 aliphatic rings. The Kier molecular flexibility index (Phi) is 6.75. The van der Waals surface area contributed by atoms with Crippen molar-refractivity contribution in [2.24, 2.45) is 5.92 Å². The Morgan fingerprint density at radius 3 is 2.45 bits per heavy atom. The summed E-state index contributed by atoms with van der Waals surface area (Å²) in [5, 5.41) is 9.63. The van der Waals surface area contributed by atoms with E-state index in [-0.39, 0.29) is 5.97 Å². The van der Waals surface area contributed by atoms with Crippen LogP contribution in [-0.2, 0) is 16.6 Å². The van der Waals surface area contributed by atoms with Crippen molar-refractivity contribution >= 4 is 5.97 Å². The predicted molar refractivity (Wildman–Crippen MR) is 116 cm³/mol. The number of nitrogens with zero attached hydrogens (tertiary/aromatic N) is 1. The van der Waals surface area contributed by atoms with Gasteiger partial charge in [-0.3, -0.25) is 4.79 Å². The molecule has 3 heteroatoms. The van der Waals surface area contributed by atoms with Crippen LogP contribution in [0.1, 0.15) is 74.6 Å². The minimum Gasteiger partial charge on any atom is -0.424 e. The average Bonchev–Trinajstić information content (AvgIpc) is 2.75. The van der Waals surface area contributed by atoms with E-state index in [9.17, 15) is 10.1 Å². The van der Waals surface area contributed by atoms with Crippen LogP contribution < -0.4 is 4.74 Å². The second-order valence-electron chi connectivity index (χ2n) is 8.56. The minimum absolute atomic E-state index is 0.229. The molecule has 0 radical (unpaired) electrons. The van der Waals surface area contributed by atoms with E-state index in [1.165, 1.54) is 5.56 Å². The lowest BCUT2D eigenvalue weighted by atomic mass is 9.69. The lowest BCUT2D eigenvalue weighted by molar-refractivity contribution is -0.142. The smallest absolute Gasteiger partial charge is 0.321 e. The second kappa shape index (κ2) is 9.27. The monoisotopic (exact) mass is 389 g/mol. The second-order valence-corrected chi connectivity index (χ2v) is 8.56. The maximum Gasteiger partial charge on any atom is 0.321 e. The molecule has 1 fully saturated rings. The highest BCUT2D eigenvalue weighted by Crippen LogP contribution is 2.41. The van der Waals surface area contributed by atoms with Gasteiger partial charge < -0.3 is 4.74 Å². The number of carbonyl (C=O) groups excluding carboxylic acids is 1. The quantitative estimate of drug-likeness (QED) is 0.432. The van der Waals surface area contributed by atoms with Crippen LogP contribution in [0.4, 0.5) is 0 Å². The van der Waals surface area contributed by atoms with Crippen LogP contribution >= 0.6 is 0 Å². The Balaban J connectivity index is 1.88. The molecule has 0 N–H and O–H groups in total. The largest absolute Gasteiger partial charge is 0.424 e. The van der Waals surface area contributed by atoms with E-state index in [0.29, 0.717) is 17.2 Å². The van der Waals surface area contributed by atoms with Crippen LogP contribution in [0.15, 0.2) is 42.5 Å². The van der Waals surface area contributed by atoms with Gasteiger partial charge in [0.1, 0.15) is 11.8 Å². The van der Waals surface area contributed by atoms with Crippen LogP contribution in [0.2, 0.25) is 0 Å². The van der Waals surface area contributed by atoms with Crippen molar-refractivity contribution in [1.29, 1.82) is 5.26 Å². The minimum atomic E-state index is -0.617. The SMILES string of the molecule is CCC(C)Cc1ccc(OC(=O)C2(c3ccc(C)cc3)CCCCC2)c(C#N)c1. The highest BCUT2D eigenvalue weighted by molar-refractivity contribution is 5.85. The summed E-state index contributed by atoms with van der Waals surface area (Å²) >= 11 is 0. The third-order valence-corrected chi connectivity index (χ3v) is 6.35. The topological polar surface area (TPSA) is 50.1 Å². The van der Waals surface area contributed by atoms with Crippen molar-refractivity contribution in [3.05, 3.63) is 64.7 Å². The number of carbonyl (C=O) groups is 1. The number of esters is 1. The van der Waals surface area contributed by atoms with Crippen LogP contribution in [0.5, 0.6) is 5.75 Å². The summed E-state index contributed by atoms with van der Waals surface area (Å²) in [7, 11) is 0. The molecule has 1 saturated carbocycles. The first-order valence-electron chi connectivity index (χ1n) is 10.8. The molecule has 152 valence electrons. The van der Waals surface area contributed by atoms with Crippen molar-refractivity contribution in [3.63, 3.8) is 0 Å². The molecule has 0 bridgehead atoms. The van der Waals surface area contributed by atoms with Crippen LogP contribution in [0.3, 0.4) is 0 Å². The molecule has 2 aromatic carbocycles. The molecule has 1 unspecified atom stereocenters. The summed E-state index contributed by atoms with van der Waals surface area (Å²) in [5.41, 5.74) is 3.14. The van der Waals surface area contributed by atoms with Gasteiger partial charge in [-0.15, -0.1) is 0 Å². The zero-order valence-electron chi connectivity index (χ0n) is 17.8. The molecule has 2 aromatic rings. The van der Waals surface area contributed by atoms with Gasteiger partial charge in [0.2, 0.25) is 0 Å². The normalized spacial score (nSPS) is 16.6. The average molecular weight is 390 g/mol. The number of ether oxygens (including phenoxy) is 1. The summed E-state index contributed by atoms with van der Waals surface area (Å²) in [6.07, 6.45) is 6.79. The molecule has 0 aliphatic heterocycles. The van der Waals surface area contributed by atoms with Crippen molar-refractivity contribution in [1.82, 2.24) is 0 Å². The summed E-state index contributed by atoms with van der Waals surface area (Å²) in [4.78, 5) is 13.4. The van der Waals surface area contributed by atoms with Crippen LogP contribution in [0, 0.1) is 24.2 Å². The van der Waals surface area contributed by atoms with Gasteiger partial charge in [0.05, 0.1) is 11.0 Å². The lowest BCUT2D eigenvalue weighted by Gasteiger charge is -2.35. The Hall–Kier alpha value is -2.60. The van der Waals surface area contributed by atoms with Gasteiger partial charge in [-0.25, -0.2) is 0 Å². The first-order valence-corrected chi connectivity index (χ1v) is 10.8. The molecule has 1 aliphatic carbocycles. The molecule has 29 heavy (non-hydrogen) atoms. The molecule has 3 nitrogen and oxygen atoms in total. The number of hydrogen-bond acceptors (Lipinski definition) is 3. The van der Waals surface area contributed by atoms with Gasteiger partial charge in [0, 0.05) is 0 Å². The van der Waals surface area contributed by atoms with Crippen LogP contribution in [0.25, 0.3) is 0 Å². The van der Waals surface area contributed by atoms with Crippen molar-refractivity contribution in [2.45, 2.75) is 71.1 Å². The Labute approximate surface area is 174 Å². The molecule has 0 spiro atoms. The number of nitriles is 1. The molecule has 3 rings (SSSR count). The highest BCUT2D eigenvalue weighted by atomic mass is 16.5. The molecular formula is C26H31NO2. The Morgan fingerprint density at radius 2 is 1.83 bits per heavy atom. The zero-order valence-corrected chi connectivity index (χ0v) is 17.8. The Morgan fingerprint density at radius 1 is 1.14 bits per heavy atom. The molecule has 0 saturated heterocycles. The summed E-state index contributed by atoms with van der Waals surface area (Å²) < 4.78 is 5.89. The van der Waals surface area contributed by atoms with E-state index in [1.54, 1.807) is 6.07 Å². The maximum atomic E-state index is 13.4. The lowest BCUT2D eigenvalue weighted by Crippen LogP contribution is -2.41. The molecule has 0 aromatic heterocycles. The number of hydrogen-bond donors (Lipinski definition) is 0. The molecule has 0 heterocycles. The van der Waals surface area contributed by atoms with E-state index in [1.807, 2.05) is 12.1 Å². The first-order chi connectivity index (χ1) is 14.0. The summed E-state index contributed by atoms with van der Waals surface area (Å²) in [6, 6.07) is 16.1. The third kappa shape index (κ3) is 4.70. The molecule has 1 atom stereocenters. The molecular weight excluding hydrogens is 358 g/mol. The van der Waals surface area contributed by atoms with E-state index in [2.05, 4.69) is 51.1 Å². The van der Waals surface area contributed by atoms with Crippen molar-refractivity contribution in [2.75, 3.05) is 0 Å². The maximum absolute atomic E-state index is 13.4. The number of rotatable bonds is 6. The third-order valence-electron chi connectivity index (χ3n) is 6.35. The van der Waals surface area contributed by atoms with Crippen LogP contribution in [-0.4, -0.2) is 5.97 Å². The Bertz CT molecular complexity index is 886. The zero-order chi connectivity index (χ0) is 20.9. The van der Waals surface area contributed by atoms with Gasteiger partial charge >= 0.3 is 5.97 Å². The van der Waals surface area contributed by atoms with E-state index >= 15 is 0 Å². The fourth-order valence-corrected chi connectivity index (χ4v) is 4.26. The standard InChI is InChI=1S/C26H31NO2/c1-4-19(2)16-21-10-13-24(22(17-21)18-27)29-25(28)26(14-6-5-7-15-26)23-11-8-20(3)9-12-23/h8-13,17,19H,4-7,14-16H2,1-3H3. The van der Waals surface area contributed by atoms with Gasteiger partial charge in [-0.1, -0.05) is 75.4 Å². The molecule has 0 amide bonds.